The maximum atomic E-state index is 12.8. The smallest absolute Gasteiger partial charge is 0.410 e. The quantitative estimate of drug-likeness (QED) is 0.277. The number of ether oxygens (including phenoxy) is 3. The Hall–Kier alpha value is -3.11. The largest absolute Gasteiger partial charge is 0.444 e. The fourth-order valence-electron chi connectivity index (χ4n) is 4.19. The van der Waals surface area contributed by atoms with Crippen molar-refractivity contribution in [2.24, 2.45) is 17.3 Å². The Morgan fingerprint density at radius 3 is 2.18 bits per heavy atom. The van der Waals surface area contributed by atoms with Gasteiger partial charge in [-0.2, -0.15) is 0 Å². The molecule has 2 aliphatic heterocycles. The first-order valence-electron chi connectivity index (χ1n) is 13.7. The summed E-state index contributed by atoms with van der Waals surface area (Å²) < 4.78 is 15.2. The van der Waals surface area contributed by atoms with Gasteiger partial charge in [-0.3, -0.25) is 19.2 Å². The molecule has 220 valence electrons. The molecule has 39 heavy (non-hydrogen) atoms. The zero-order valence-electron chi connectivity index (χ0n) is 24.2. The fraction of sp³-hybridized carbons (Fsp3) is 0.750. The SMILES string of the molecule is CC(C)(C)OC(=O)N1CCC(/C=C/C(=O)N2CCC[C@@H](C(=O)NCCC(=O)OCOC(=O)C(C)(C)C)C2)CC1. The second-order valence-electron chi connectivity index (χ2n) is 12.1. The number of esters is 2. The molecule has 2 fully saturated rings. The number of carbonyl (C=O) groups excluding carboxylic acids is 5. The van der Waals surface area contributed by atoms with Crippen LogP contribution in [0.25, 0.3) is 0 Å². The van der Waals surface area contributed by atoms with Crippen LogP contribution in [0.5, 0.6) is 0 Å². The Balaban J connectivity index is 1.69. The van der Waals surface area contributed by atoms with Gasteiger partial charge in [0.1, 0.15) is 5.60 Å². The summed E-state index contributed by atoms with van der Waals surface area (Å²) in [6.07, 6.45) is 6.02. The van der Waals surface area contributed by atoms with E-state index < -0.39 is 29.7 Å². The van der Waals surface area contributed by atoms with Gasteiger partial charge in [0.15, 0.2) is 0 Å². The molecule has 2 rings (SSSR count). The van der Waals surface area contributed by atoms with Crippen molar-refractivity contribution in [3.8, 4) is 0 Å². The molecule has 0 unspecified atom stereocenters. The highest BCUT2D eigenvalue weighted by atomic mass is 16.7. The lowest BCUT2D eigenvalue weighted by molar-refractivity contribution is -0.173. The Morgan fingerprint density at radius 2 is 1.56 bits per heavy atom. The monoisotopic (exact) mass is 551 g/mol. The highest BCUT2D eigenvalue weighted by Gasteiger charge is 2.29. The standard InChI is InChI=1S/C28H45N3O8/c1-27(2,3)25(35)38-19-37-23(33)11-14-29-24(34)21-8-7-15-31(18-21)22(32)10-9-20-12-16-30(17-13-20)26(36)39-28(4,5)6/h9-10,20-21H,7-8,11-19H2,1-6H3,(H,29,34)/b10-9+/t21-/m1/s1. The summed E-state index contributed by atoms with van der Waals surface area (Å²) in [6, 6.07) is 0. The molecule has 1 N–H and O–H groups in total. The van der Waals surface area contributed by atoms with E-state index in [-0.39, 0.29) is 42.7 Å². The molecule has 11 nitrogen and oxygen atoms in total. The number of piperidine rings is 2. The first-order valence-corrected chi connectivity index (χ1v) is 13.7. The molecular formula is C28H45N3O8. The molecule has 2 saturated heterocycles. The topological polar surface area (TPSA) is 132 Å². The maximum Gasteiger partial charge on any atom is 0.410 e. The van der Waals surface area contributed by atoms with E-state index in [0.717, 1.165) is 12.8 Å². The first kappa shape index (κ1) is 32.1. The average molecular weight is 552 g/mol. The normalized spacial score (nSPS) is 19.0. The summed E-state index contributed by atoms with van der Waals surface area (Å²) in [5.74, 6) is -1.54. The van der Waals surface area contributed by atoms with Crippen LogP contribution in [-0.4, -0.2) is 84.8 Å². The van der Waals surface area contributed by atoms with Gasteiger partial charge in [-0.25, -0.2) is 4.79 Å². The minimum Gasteiger partial charge on any atom is -0.444 e. The third kappa shape index (κ3) is 11.7. The van der Waals surface area contributed by atoms with Crippen LogP contribution in [-0.2, 0) is 33.4 Å². The number of rotatable bonds is 8. The predicted molar refractivity (Wildman–Crippen MR) is 143 cm³/mol. The van der Waals surface area contributed by atoms with Crippen molar-refractivity contribution < 1.29 is 38.2 Å². The van der Waals surface area contributed by atoms with E-state index in [9.17, 15) is 24.0 Å². The van der Waals surface area contributed by atoms with Crippen LogP contribution in [0.1, 0.15) is 73.6 Å². The maximum absolute atomic E-state index is 12.8. The van der Waals surface area contributed by atoms with E-state index >= 15 is 0 Å². The van der Waals surface area contributed by atoms with Crippen LogP contribution < -0.4 is 5.32 Å². The number of likely N-dealkylation sites (tertiary alicyclic amines) is 2. The fourth-order valence-corrected chi connectivity index (χ4v) is 4.19. The van der Waals surface area contributed by atoms with E-state index in [4.69, 9.17) is 14.2 Å². The van der Waals surface area contributed by atoms with Crippen LogP contribution in [0.3, 0.4) is 0 Å². The van der Waals surface area contributed by atoms with Crippen molar-refractivity contribution >= 4 is 29.8 Å². The molecule has 0 aromatic carbocycles. The second-order valence-corrected chi connectivity index (χ2v) is 12.1. The van der Waals surface area contributed by atoms with Crippen LogP contribution in [0.2, 0.25) is 0 Å². The third-order valence-electron chi connectivity index (χ3n) is 6.46. The average Bonchev–Trinajstić information content (AvgIpc) is 2.86. The van der Waals surface area contributed by atoms with Gasteiger partial charge < -0.3 is 29.3 Å². The van der Waals surface area contributed by atoms with Gasteiger partial charge >= 0.3 is 18.0 Å². The lowest BCUT2D eigenvalue weighted by atomic mass is 9.95. The van der Waals surface area contributed by atoms with Gasteiger partial charge in [-0.05, 0) is 79.2 Å². The van der Waals surface area contributed by atoms with Crippen LogP contribution >= 0.6 is 0 Å². The first-order chi connectivity index (χ1) is 18.2. The van der Waals surface area contributed by atoms with Crippen LogP contribution in [0.15, 0.2) is 12.2 Å². The minimum atomic E-state index is -0.688. The number of nitrogens with one attached hydrogen (secondary N) is 1. The molecule has 1 atom stereocenters. The number of allylic oxidation sites excluding steroid dienone is 1. The molecule has 11 heteroatoms. The molecule has 0 bridgehead atoms. The molecule has 0 spiro atoms. The Labute approximate surface area is 231 Å². The van der Waals surface area contributed by atoms with Gasteiger partial charge in [0, 0.05) is 32.7 Å². The van der Waals surface area contributed by atoms with Crippen LogP contribution in [0.4, 0.5) is 4.79 Å². The van der Waals surface area contributed by atoms with Gasteiger partial charge in [0.2, 0.25) is 18.6 Å². The van der Waals surface area contributed by atoms with Crippen LogP contribution in [0, 0.1) is 17.3 Å². The number of carbonyl (C=O) groups is 5. The van der Waals surface area contributed by atoms with E-state index in [0.29, 0.717) is 39.0 Å². The predicted octanol–water partition coefficient (Wildman–Crippen LogP) is 3.02. The second kappa shape index (κ2) is 14.3. The van der Waals surface area contributed by atoms with E-state index in [1.165, 1.54) is 0 Å². The lowest BCUT2D eigenvalue weighted by Crippen LogP contribution is -2.45. The minimum absolute atomic E-state index is 0.0519. The van der Waals surface area contributed by atoms with Gasteiger partial charge in [0.25, 0.3) is 0 Å². The summed E-state index contributed by atoms with van der Waals surface area (Å²) in [5.41, 5.74) is -1.22. The van der Waals surface area contributed by atoms with Gasteiger partial charge in [-0.1, -0.05) is 6.08 Å². The Morgan fingerprint density at radius 1 is 0.897 bits per heavy atom. The van der Waals surface area contributed by atoms with Crippen molar-refractivity contribution in [2.45, 2.75) is 79.2 Å². The number of nitrogens with zero attached hydrogens (tertiary/aromatic N) is 2. The summed E-state index contributed by atoms with van der Waals surface area (Å²) >= 11 is 0. The van der Waals surface area contributed by atoms with Crippen molar-refractivity contribution in [3.63, 3.8) is 0 Å². The van der Waals surface area contributed by atoms with Crippen molar-refractivity contribution in [3.05, 3.63) is 12.2 Å². The molecule has 2 heterocycles. The van der Waals surface area contributed by atoms with Crippen molar-refractivity contribution in [2.75, 3.05) is 39.5 Å². The summed E-state index contributed by atoms with van der Waals surface area (Å²) in [6.45, 7) is 12.3. The molecule has 0 radical (unpaired) electrons. The summed E-state index contributed by atoms with van der Waals surface area (Å²) in [7, 11) is 0. The Bertz CT molecular complexity index is 911. The highest BCUT2D eigenvalue weighted by Crippen LogP contribution is 2.22. The summed E-state index contributed by atoms with van der Waals surface area (Å²) in [4.78, 5) is 64.5. The molecule has 2 aliphatic rings. The van der Waals surface area contributed by atoms with Gasteiger partial charge in [0.05, 0.1) is 17.8 Å². The zero-order valence-corrected chi connectivity index (χ0v) is 24.2. The van der Waals surface area contributed by atoms with E-state index in [2.05, 4.69) is 5.32 Å². The highest BCUT2D eigenvalue weighted by molar-refractivity contribution is 5.88. The summed E-state index contributed by atoms with van der Waals surface area (Å²) in [5, 5.41) is 2.73. The van der Waals surface area contributed by atoms with Crippen molar-refractivity contribution in [1.29, 1.82) is 0 Å². The van der Waals surface area contributed by atoms with Gasteiger partial charge in [-0.15, -0.1) is 0 Å². The number of hydrogen-bond acceptors (Lipinski definition) is 8. The number of amides is 3. The molecule has 0 aromatic rings. The number of hydrogen-bond donors (Lipinski definition) is 1. The zero-order chi connectivity index (χ0) is 29.2. The molecular weight excluding hydrogens is 506 g/mol. The van der Waals surface area contributed by atoms with E-state index in [1.807, 2.05) is 26.8 Å². The lowest BCUT2D eigenvalue weighted by Gasteiger charge is -2.33. The molecule has 3 amide bonds. The molecule has 0 aliphatic carbocycles. The Kier molecular flexibility index (Phi) is 11.8. The van der Waals surface area contributed by atoms with E-state index in [1.54, 1.807) is 36.6 Å². The molecule has 0 aromatic heterocycles. The van der Waals surface area contributed by atoms with Crippen molar-refractivity contribution in [1.82, 2.24) is 15.1 Å². The third-order valence-corrected chi connectivity index (χ3v) is 6.46. The molecule has 0 saturated carbocycles.